The van der Waals surface area contributed by atoms with Crippen LogP contribution in [-0.2, 0) is 0 Å². The molecule has 0 N–H and O–H groups in total. The van der Waals surface area contributed by atoms with Gasteiger partial charge in [-0.2, -0.15) is 5.10 Å². The Labute approximate surface area is 180 Å². The molecule has 4 rings (SSSR count). The van der Waals surface area contributed by atoms with Crippen LogP contribution in [-0.4, -0.2) is 15.4 Å². The van der Waals surface area contributed by atoms with Gasteiger partial charge in [-0.1, -0.05) is 29.3 Å². The van der Waals surface area contributed by atoms with Gasteiger partial charge in [-0.05, 0) is 48.7 Å². The van der Waals surface area contributed by atoms with Crippen LogP contribution in [0, 0.1) is 0 Å². The number of rotatable bonds is 4. The molecular formula is C20H14Cl2N4S2. The molecule has 3 aromatic heterocycles. The number of thiazole rings is 1. The first-order valence-corrected chi connectivity index (χ1v) is 10.8. The highest BCUT2D eigenvalue weighted by molar-refractivity contribution is 7.14. The highest BCUT2D eigenvalue weighted by atomic mass is 35.5. The quantitative estimate of drug-likeness (QED) is 0.331. The zero-order chi connectivity index (χ0) is 19.5. The fourth-order valence-corrected chi connectivity index (χ4v) is 4.63. The standard InChI is InChI=1S/C20H14Cl2N4S2/c1-13(14-6-8-23-9-7-14)25-26-18(19-3-2-10-27-19)12-28-20(26)24-17-5-4-15(21)11-16(17)22/h2-12H,1H3. The van der Waals surface area contributed by atoms with Gasteiger partial charge in [0.1, 0.15) is 0 Å². The first kappa shape index (κ1) is 19.1. The van der Waals surface area contributed by atoms with Gasteiger partial charge in [0.05, 0.1) is 27.0 Å². The summed E-state index contributed by atoms with van der Waals surface area (Å²) in [7, 11) is 0. The zero-order valence-corrected chi connectivity index (χ0v) is 17.9. The van der Waals surface area contributed by atoms with Crippen LogP contribution >= 0.6 is 45.9 Å². The summed E-state index contributed by atoms with van der Waals surface area (Å²) in [6.45, 7) is 1.97. The molecular weight excluding hydrogens is 431 g/mol. The van der Waals surface area contributed by atoms with E-state index in [1.54, 1.807) is 41.9 Å². The van der Waals surface area contributed by atoms with E-state index in [-0.39, 0.29) is 0 Å². The summed E-state index contributed by atoms with van der Waals surface area (Å²) in [5, 5.41) is 10.0. The maximum absolute atomic E-state index is 6.32. The van der Waals surface area contributed by atoms with Crippen molar-refractivity contribution in [3.63, 3.8) is 0 Å². The SMILES string of the molecule is CC(=Nn1c(-c2cccs2)csc1=Nc1ccc(Cl)cc1Cl)c1ccncc1. The third-order valence-corrected chi connectivity index (χ3v) is 6.18. The van der Waals surface area contributed by atoms with Gasteiger partial charge < -0.3 is 0 Å². The van der Waals surface area contributed by atoms with Crippen LogP contribution in [0.2, 0.25) is 10.0 Å². The van der Waals surface area contributed by atoms with Gasteiger partial charge in [0, 0.05) is 28.4 Å². The zero-order valence-electron chi connectivity index (χ0n) is 14.7. The van der Waals surface area contributed by atoms with Crippen LogP contribution in [0.4, 0.5) is 5.69 Å². The number of halogens is 2. The Hall–Kier alpha value is -2.25. The minimum Gasteiger partial charge on any atom is -0.265 e. The topological polar surface area (TPSA) is 42.5 Å². The second-order valence-electron chi connectivity index (χ2n) is 5.82. The Morgan fingerprint density at radius 3 is 2.61 bits per heavy atom. The number of hydrogen-bond donors (Lipinski definition) is 0. The average Bonchev–Trinajstić information content (AvgIpc) is 3.35. The van der Waals surface area contributed by atoms with Crippen molar-refractivity contribution in [1.82, 2.24) is 9.66 Å². The predicted octanol–water partition coefficient (Wildman–Crippen LogP) is 6.48. The van der Waals surface area contributed by atoms with Crippen molar-refractivity contribution in [2.24, 2.45) is 10.1 Å². The molecule has 3 heterocycles. The van der Waals surface area contributed by atoms with Gasteiger partial charge in [-0.25, -0.2) is 9.67 Å². The van der Waals surface area contributed by atoms with Crippen molar-refractivity contribution in [3.05, 3.63) is 86.0 Å². The van der Waals surface area contributed by atoms with E-state index in [1.165, 1.54) is 11.3 Å². The Kier molecular flexibility index (Phi) is 5.73. The molecule has 0 unspecified atom stereocenters. The predicted molar refractivity (Wildman–Crippen MR) is 119 cm³/mol. The van der Waals surface area contributed by atoms with Crippen LogP contribution in [0.5, 0.6) is 0 Å². The van der Waals surface area contributed by atoms with Gasteiger partial charge >= 0.3 is 0 Å². The number of nitrogens with zero attached hydrogens (tertiary/aromatic N) is 4. The van der Waals surface area contributed by atoms with Gasteiger partial charge in [0.25, 0.3) is 0 Å². The van der Waals surface area contributed by atoms with E-state index in [4.69, 9.17) is 33.3 Å². The minimum atomic E-state index is 0.500. The van der Waals surface area contributed by atoms with E-state index >= 15 is 0 Å². The lowest BCUT2D eigenvalue weighted by atomic mass is 10.2. The summed E-state index contributed by atoms with van der Waals surface area (Å²) in [4.78, 5) is 10.6. The van der Waals surface area contributed by atoms with Gasteiger partial charge in [0.15, 0.2) is 0 Å². The first-order valence-electron chi connectivity index (χ1n) is 8.32. The molecule has 0 atom stereocenters. The molecule has 28 heavy (non-hydrogen) atoms. The Balaban J connectivity index is 1.89. The number of thiophene rings is 1. The molecule has 0 saturated carbocycles. The van der Waals surface area contributed by atoms with Crippen LogP contribution in [0.1, 0.15) is 12.5 Å². The minimum absolute atomic E-state index is 0.500. The molecule has 0 amide bonds. The first-order chi connectivity index (χ1) is 13.6. The van der Waals surface area contributed by atoms with Crippen LogP contribution in [0.15, 0.2) is 75.7 Å². The van der Waals surface area contributed by atoms with E-state index in [1.807, 2.05) is 35.2 Å². The van der Waals surface area contributed by atoms with E-state index in [0.717, 1.165) is 26.6 Å². The normalized spacial score (nSPS) is 12.5. The van der Waals surface area contributed by atoms with Crippen LogP contribution < -0.4 is 4.80 Å². The molecule has 0 fully saturated rings. The third-order valence-electron chi connectivity index (χ3n) is 3.93. The molecule has 140 valence electrons. The van der Waals surface area contributed by atoms with Crippen molar-refractivity contribution >= 4 is 57.3 Å². The molecule has 8 heteroatoms. The maximum Gasteiger partial charge on any atom is 0.211 e. The van der Waals surface area contributed by atoms with E-state index < -0.39 is 0 Å². The lowest BCUT2D eigenvalue weighted by Crippen LogP contribution is -2.13. The Morgan fingerprint density at radius 2 is 1.89 bits per heavy atom. The number of benzene rings is 1. The molecule has 4 aromatic rings. The van der Waals surface area contributed by atoms with Crippen molar-refractivity contribution in [3.8, 4) is 10.6 Å². The van der Waals surface area contributed by atoms with Gasteiger partial charge in [-0.3, -0.25) is 4.98 Å². The van der Waals surface area contributed by atoms with Gasteiger partial charge in [0.2, 0.25) is 4.80 Å². The van der Waals surface area contributed by atoms with Crippen LogP contribution in [0.3, 0.4) is 0 Å². The smallest absolute Gasteiger partial charge is 0.211 e. The molecule has 0 spiro atoms. The molecule has 0 saturated heterocycles. The highest BCUT2D eigenvalue weighted by Gasteiger charge is 2.10. The van der Waals surface area contributed by atoms with Crippen molar-refractivity contribution in [2.45, 2.75) is 6.92 Å². The molecule has 0 aliphatic rings. The van der Waals surface area contributed by atoms with E-state index in [2.05, 4.69) is 16.4 Å². The fraction of sp³-hybridized carbons (Fsp3) is 0.0500. The van der Waals surface area contributed by atoms with Crippen molar-refractivity contribution in [2.75, 3.05) is 0 Å². The van der Waals surface area contributed by atoms with E-state index in [9.17, 15) is 0 Å². The summed E-state index contributed by atoms with van der Waals surface area (Å²) in [5.74, 6) is 0. The summed E-state index contributed by atoms with van der Waals surface area (Å²) >= 11 is 15.5. The second kappa shape index (κ2) is 8.41. The highest BCUT2D eigenvalue weighted by Crippen LogP contribution is 2.29. The third kappa shape index (κ3) is 4.10. The number of hydrogen-bond acceptors (Lipinski definition) is 5. The number of pyridine rings is 1. The number of aromatic nitrogens is 2. The summed E-state index contributed by atoms with van der Waals surface area (Å²) in [5.41, 5.74) is 3.50. The van der Waals surface area contributed by atoms with E-state index in [0.29, 0.717) is 15.7 Å². The van der Waals surface area contributed by atoms with Crippen LogP contribution in [0.25, 0.3) is 10.6 Å². The van der Waals surface area contributed by atoms with Crippen molar-refractivity contribution < 1.29 is 0 Å². The summed E-state index contributed by atoms with van der Waals surface area (Å²) in [6.07, 6.45) is 3.51. The lowest BCUT2D eigenvalue weighted by molar-refractivity contribution is 0.850. The largest absolute Gasteiger partial charge is 0.265 e. The maximum atomic E-state index is 6.32. The monoisotopic (exact) mass is 444 g/mol. The molecule has 4 nitrogen and oxygen atoms in total. The molecule has 0 bridgehead atoms. The fourth-order valence-electron chi connectivity index (χ4n) is 2.54. The summed E-state index contributed by atoms with van der Waals surface area (Å²) in [6, 6.07) is 13.2. The van der Waals surface area contributed by atoms with Gasteiger partial charge in [-0.15, -0.1) is 22.7 Å². The molecule has 0 aliphatic carbocycles. The molecule has 0 aliphatic heterocycles. The molecule has 1 aromatic carbocycles. The summed E-state index contributed by atoms with van der Waals surface area (Å²) < 4.78 is 1.86. The average molecular weight is 445 g/mol. The lowest BCUT2D eigenvalue weighted by Gasteiger charge is -2.05. The second-order valence-corrected chi connectivity index (χ2v) is 8.45. The van der Waals surface area contributed by atoms with Crippen molar-refractivity contribution in [1.29, 1.82) is 0 Å². The Morgan fingerprint density at radius 1 is 1.07 bits per heavy atom. The molecule has 0 radical (unpaired) electrons. The Bertz CT molecular complexity index is 1190.